The van der Waals surface area contributed by atoms with Crippen molar-refractivity contribution < 1.29 is 30.3 Å². The monoisotopic (exact) mass is 382 g/mol. The summed E-state index contributed by atoms with van der Waals surface area (Å²) >= 11 is 0. The molecular weight excluding hydrogens is 348 g/mol. The molecule has 1 fully saturated rings. The van der Waals surface area contributed by atoms with E-state index < -0.39 is 30.5 Å². The lowest BCUT2D eigenvalue weighted by Crippen LogP contribution is -2.53. The summed E-state index contributed by atoms with van der Waals surface area (Å²) in [5, 5.41) is 52.1. The molecule has 1 aromatic rings. The van der Waals surface area contributed by atoms with Crippen LogP contribution in [-0.4, -0.2) is 49.9 Å². The highest BCUT2D eigenvalue weighted by molar-refractivity contribution is 5.54. The molecule has 1 aliphatic rings. The predicted molar refractivity (Wildman–Crippen MR) is 103 cm³/mol. The van der Waals surface area contributed by atoms with Crippen LogP contribution in [0.2, 0.25) is 0 Å². The van der Waals surface area contributed by atoms with Crippen molar-refractivity contribution >= 4 is 0 Å². The van der Waals surface area contributed by atoms with E-state index in [1.54, 1.807) is 13.0 Å². The number of phenols is 2. The first-order valence-corrected chi connectivity index (χ1v) is 10.1. The second-order valence-corrected chi connectivity index (χ2v) is 7.59. The van der Waals surface area contributed by atoms with E-state index in [-0.39, 0.29) is 11.5 Å². The minimum absolute atomic E-state index is 0.0510. The Kier molecular flexibility index (Phi) is 7.91. The van der Waals surface area contributed by atoms with Crippen LogP contribution in [0.5, 0.6) is 11.5 Å². The highest BCUT2D eigenvalue weighted by Crippen LogP contribution is 2.44. The topological polar surface area (TPSA) is 110 Å². The fraction of sp³-hybridized carbons (Fsp3) is 0.714. The maximum absolute atomic E-state index is 10.9. The fourth-order valence-corrected chi connectivity index (χ4v) is 3.75. The molecule has 5 atom stereocenters. The summed E-state index contributed by atoms with van der Waals surface area (Å²) in [7, 11) is 0. The Balaban J connectivity index is 2.49. The first-order valence-electron chi connectivity index (χ1n) is 10.1. The molecule has 0 aliphatic carbocycles. The molecular formula is C21H34O6. The number of hydrogen-bond donors (Lipinski definition) is 5. The molecule has 0 spiro atoms. The molecule has 0 saturated carbocycles. The summed E-state index contributed by atoms with van der Waals surface area (Å²) in [6.07, 6.45) is 0.192. The Morgan fingerprint density at radius 3 is 2.19 bits per heavy atom. The number of aryl methyl sites for hydroxylation is 1. The quantitative estimate of drug-likeness (QED) is 0.442. The first kappa shape index (κ1) is 22.0. The Morgan fingerprint density at radius 1 is 0.889 bits per heavy atom. The van der Waals surface area contributed by atoms with Crippen molar-refractivity contribution in [3.63, 3.8) is 0 Å². The number of rotatable bonds is 8. The number of ether oxygens (including phenoxy) is 1. The Morgan fingerprint density at radius 2 is 1.56 bits per heavy atom. The molecule has 0 bridgehead atoms. The lowest BCUT2D eigenvalue weighted by atomic mass is 9.85. The van der Waals surface area contributed by atoms with Gasteiger partial charge < -0.3 is 30.3 Å². The Labute approximate surface area is 161 Å². The van der Waals surface area contributed by atoms with Crippen LogP contribution in [0.15, 0.2) is 6.07 Å². The highest BCUT2D eigenvalue weighted by atomic mass is 16.5. The van der Waals surface area contributed by atoms with E-state index in [4.69, 9.17) is 4.74 Å². The van der Waals surface area contributed by atoms with Gasteiger partial charge in [-0.05, 0) is 44.2 Å². The number of hydrogen-bond acceptors (Lipinski definition) is 6. The van der Waals surface area contributed by atoms with Gasteiger partial charge >= 0.3 is 0 Å². The zero-order valence-corrected chi connectivity index (χ0v) is 16.6. The molecule has 2 rings (SSSR count). The number of benzene rings is 1. The van der Waals surface area contributed by atoms with E-state index in [2.05, 4.69) is 6.92 Å². The average molecular weight is 382 g/mol. The summed E-state index contributed by atoms with van der Waals surface area (Å²) in [5.74, 6) is -0.0232. The van der Waals surface area contributed by atoms with Gasteiger partial charge in [-0.2, -0.15) is 0 Å². The average Bonchev–Trinajstić information content (AvgIpc) is 2.63. The molecule has 6 heteroatoms. The normalized spacial score (nSPS) is 28.4. The number of aliphatic hydroxyl groups excluding tert-OH is 3. The lowest BCUT2D eigenvalue weighted by molar-refractivity contribution is -0.220. The third kappa shape index (κ3) is 4.74. The molecule has 27 heavy (non-hydrogen) atoms. The second kappa shape index (κ2) is 9.73. The minimum Gasteiger partial charge on any atom is -0.508 e. The van der Waals surface area contributed by atoms with Crippen LogP contribution < -0.4 is 0 Å². The van der Waals surface area contributed by atoms with Crippen LogP contribution >= 0.6 is 0 Å². The lowest BCUT2D eigenvalue weighted by Gasteiger charge is -2.40. The summed E-state index contributed by atoms with van der Waals surface area (Å²) in [6.45, 7) is 5.75. The van der Waals surface area contributed by atoms with Crippen molar-refractivity contribution in [1.82, 2.24) is 0 Å². The Hall–Kier alpha value is -1.34. The smallest absolute Gasteiger partial charge is 0.128 e. The zero-order chi connectivity index (χ0) is 20.1. The van der Waals surface area contributed by atoms with Crippen molar-refractivity contribution in [3.8, 4) is 11.5 Å². The molecule has 1 heterocycles. The van der Waals surface area contributed by atoms with E-state index >= 15 is 0 Å². The van der Waals surface area contributed by atoms with Gasteiger partial charge in [0, 0.05) is 11.1 Å². The first-order chi connectivity index (χ1) is 12.8. The summed E-state index contributed by atoms with van der Waals surface area (Å²) < 4.78 is 5.79. The molecule has 1 saturated heterocycles. The van der Waals surface area contributed by atoms with Gasteiger partial charge in [0.1, 0.15) is 35.9 Å². The van der Waals surface area contributed by atoms with Gasteiger partial charge in [-0.15, -0.1) is 0 Å². The maximum atomic E-state index is 10.9. The van der Waals surface area contributed by atoms with E-state index in [1.165, 1.54) is 0 Å². The number of aromatic hydroxyl groups is 2. The standard InChI is InChI=1S/C21H34O6/c1-4-6-8-9-13-11-15(22)14(10-7-5-2)18(24)16(13)21-20(26)19(25)17(23)12(3)27-21/h11-12,17,19-26H,4-10H2,1-3H3/t12-,17-,19+,20+,21+/m0/s1. The van der Waals surface area contributed by atoms with Crippen molar-refractivity contribution in [2.75, 3.05) is 0 Å². The van der Waals surface area contributed by atoms with Crippen molar-refractivity contribution in [3.05, 3.63) is 22.8 Å². The van der Waals surface area contributed by atoms with Crippen LogP contribution in [0.1, 0.15) is 75.7 Å². The molecule has 1 aromatic carbocycles. The van der Waals surface area contributed by atoms with Gasteiger partial charge in [-0.1, -0.05) is 33.1 Å². The van der Waals surface area contributed by atoms with Gasteiger partial charge in [-0.25, -0.2) is 0 Å². The van der Waals surface area contributed by atoms with Gasteiger partial charge in [-0.3, -0.25) is 0 Å². The van der Waals surface area contributed by atoms with Crippen LogP contribution in [0.3, 0.4) is 0 Å². The largest absolute Gasteiger partial charge is 0.508 e. The predicted octanol–water partition coefficient (Wildman–Crippen LogP) is 2.72. The van der Waals surface area contributed by atoms with Crippen molar-refractivity contribution in [1.29, 1.82) is 0 Å². The number of phenolic OH excluding ortho intramolecular Hbond substituents is 2. The van der Waals surface area contributed by atoms with Gasteiger partial charge in [0.2, 0.25) is 0 Å². The number of unbranched alkanes of at least 4 members (excludes halogenated alkanes) is 3. The molecule has 0 amide bonds. The van der Waals surface area contributed by atoms with Crippen LogP contribution in [0.25, 0.3) is 0 Å². The minimum atomic E-state index is -1.37. The third-order valence-electron chi connectivity index (χ3n) is 5.47. The summed E-state index contributed by atoms with van der Waals surface area (Å²) in [6, 6.07) is 1.65. The maximum Gasteiger partial charge on any atom is 0.128 e. The van der Waals surface area contributed by atoms with Crippen LogP contribution in [0, 0.1) is 0 Å². The fourth-order valence-electron chi connectivity index (χ4n) is 3.75. The van der Waals surface area contributed by atoms with Crippen molar-refractivity contribution in [2.24, 2.45) is 0 Å². The summed E-state index contributed by atoms with van der Waals surface area (Å²) in [4.78, 5) is 0. The summed E-state index contributed by atoms with van der Waals surface area (Å²) in [5.41, 5.74) is 1.56. The molecule has 1 aliphatic heterocycles. The van der Waals surface area contributed by atoms with E-state index in [9.17, 15) is 25.5 Å². The van der Waals surface area contributed by atoms with Gasteiger partial charge in [0.05, 0.1) is 6.10 Å². The molecule has 5 N–H and O–H groups in total. The van der Waals surface area contributed by atoms with E-state index in [0.717, 1.165) is 32.1 Å². The van der Waals surface area contributed by atoms with Crippen molar-refractivity contribution in [2.45, 2.75) is 96.2 Å². The second-order valence-electron chi connectivity index (χ2n) is 7.59. The molecule has 0 radical (unpaired) electrons. The molecule has 0 unspecified atom stereocenters. The Bertz CT molecular complexity index is 617. The van der Waals surface area contributed by atoms with Gasteiger partial charge in [0.25, 0.3) is 0 Å². The molecule has 154 valence electrons. The van der Waals surface area contributed by atoms with Gasteiger partial charge in [0.15, 0.2) is 0 Å². The van der Waals surface area contributed by atoms with E-state index in [0.29, 0.717) is 29.5 Å². The third-order valence-corrected chi connectivity index (χ3v) is 5.47. The molecule has 0 aromatic heterocycles. The number of aliphatic hydroxyl groups is 3. The molecule has 6 nitrogen and oxygen atoms in total. The van der Waals surface area contributed by atoms with Crippen LogP contribution in [-0.2, 0) is 17.6 Å². The van der Waals surface area contributed by atoms with E-state index in [1.807, 2.05) is 6.92 Å². The SMILES string of the molecule is CCCCCc1cc(O)c(CCCC)c(O)c1[C@H]1O[C@@H](C)[C@H](O)[C@@H](O)[C@H]1O. The highest BCUT2D eigenvalue weighted by Gasteiger charge is 2.44. The zero-order valence-electron chi connectivity index (χ0n) is 16.6. The van der Waals surface area contributed by atoms with Crippen LogP contribution in [0.4, 0.5) is 0 Å².